The maximum atomic E-state index is 6.21. The molecule has 2 aromatic rings. The van der Waals surface area contributed by atoms with E-state index in [0.29, 0.717) is 0 Å². The highest BCUT2D eigenvalue weighted by atomic mass is 28.4. The fraction of sp³-hybridized carbons (Fsp3) is 0.286. The van der Waals surface area contributed by atoms with E-state index >= 15 is 0 Å². The van der Waals surface area contributed by atoms with Crippen molar-refractivity contribution < 1.29 is 4.12 Å². The van der Waals surface area contributed by atoms with Crippen LogP contribution in [0.5, 0.6) is 0 Å². The first-order chi connectivity index (χ1) is 7.99. The van der Waals surface area contributed by atoms with Crippen LogP contribution in [0.3, 0.4) is 0 Å². The van der Waals surface area contributed by atoms with E-state index in [1.807, 2.05) is 0 Å². The largest absolute Gasteiger partial charge is 0.452 e. The van der Waals surface area contributed by atoms with Gasteiger partial charge in [0, 0.05) is 0 Å². The summed E-state index contributed by atoms with van der Waals surface area (Å²) in [5, 5.41) is 4.01. The van der Waals surface area contributed by atoms with Crippen LogP contribution in [0.1, 0.15) is 0 Å². The van der Waals surface area contributed by atoms with E-state index in [0.717, 1.165) is 0 Å². The summed E-state index contributed by atoms with van der Waals surface area (Å²) in [5.74, 6) is 0. The number of benzene rings is 2. The van der Waals surface area contributed by atoms with Gasteiger partial charge < -0.3 is 4.12 Å². The maximum Gasteiger partial charge on any atom is 0.205 e. The third-order valence-corrected chi connectivity index (χ3v) is 8.28. The summed E-state index contributed by atoms with van der Waals surface area (Å²) in [7, 11) is -2.34. The Hall–Kier alpha value is -0.906. The van der Waals surface area contributed by atoms with E-state index in [4.69, 9.17) is 4.12 Å². The zero-order valence-corrected chi connectivity index (χ0v) is 12.9. The Balaban J connectivity index is 2.42. The van der Waals surface area contributed by atoms with Crippen LogP contribution in [-0.4, -0.2) is 17.4 Å². The van der Waals surface area contributed by atoms with Crippen LogP contribution in [0.15, 0.2) is 42.5 Å². The predicted molar refractivity (Wildman–Crippen MR) is 79.6 cm³/mol. The average molecular weight is 259 g/mol. The van der Waals surface area contributed by atoms with Crippen LogP contribution in [0.25, 0.3) is 10.8 Å². The fourth-order valence-corrected chi connectivity index (χ4v) is 7.67. The van der Waals surface area contributed by atoms with Crippen molar-refractivity contribution in [3.05, 3.63) is 42.5 Å². The average Bonchev–Trinajstić information content (AvgIpc) is 2.26. The monoisotopic (exact) mass is 259 g/mol. The molecule has 2 aromatic carbocycles. The first-order valence-electron chi connectivity index (χ1n) is 5.97. The number of hydrogen-bond donors (Lipinski definition) is 0. The van der Waals surface area contributed by atoms with Crippen LogP contribution in [0.4, 0.5) is 0 Å². The summed E-state index contributed by atoms with van der Waals surface area (Å²) in [6.07, 6.45) is 0. The SMILES string of the molecule is C[Si](C)O[Si](C)(C)c1ccc2ccccc2c1. The summed E-state index contributed by atoms with van der Waals surface area (Å²) < 4.78 is 6.21. The second-order valence-corrected chi connectivity index (χ2v) is 11.3. The minimum atomic E-state index is -1.71. The van der Waals surface area contributed by atoms with Gasteiger partial charge in [-0.2, -0.15) is 0 Å². The Morgan fingerprint density at radius 3 is 2.24 bits per heavy atom. The molecule has 0 heterocycles. The molecule has 0 aromatic heterocycles. The third-order valence-electron chi connectivity index (χ3n) is 2.90. The minimum absolute atomic E-state index is 0.630. The summed E-state index contributed by atoms with van der Waals surface area (Å²) in [5.41, 5.74) is 0. The lowest BCUT2D eigenvalue weighted by molar-refractivity contribution is 0.590. The predicted octanol–water partition coefficient (Wildman–Crippen LogP) is 3.52. The molecule has 0 spiro atoms. The van der Waals surface area contributed by atoms with Gasteiger partial charge >= 0.3 is 0 Å². The molecule has 0 amide bonds. The van der Waals surface area contributed by atoms with Crippen molar-refractivity contribution in [3.8, 4) is 0 Å². The molecule has 0 atom stereocenters. The van der Waals surface area contributed by atoms with E-state index in [9.17, 15) is 0 Å². The molecule has 1 nitrogen and oxygen atoms in total. The molecule has 0 saturated carbocycles. The lowest BCUT2D eigenvalue weighted by atomic mass is 10.1. The Labute approximate surface area is 106 Å². The molecular weight excluding hydrogens is 240 g/mol. The van der Waals surface area contributed by atoms with Crippen molar-refractivity contribution in [2.75, 3.05) is 0 Å². The first-order valence-corrected chi connectivity index (χ1v) is 11.3. The summed E-state index contributed by atoms with van der Waals surface area (Å²) in [4.78, 5) is 0. The van der Waals surface area contributed by atoms with E-state index in [-0.39, 0.29) is 0 Å². The molecule has 89 valence electrons. The zero-order chi connectivity index (χ0) is 12.5. The summed E-state index contributed by atoms with van der Waals surface area (Å²) in [6, 6.07) is 15.2. The van der Waals surface area contributed by atoms with Crippen LogP contribution >= 0.6 is 0 Å². The molecule has 0 aliphatic heterocycles. The maximum absolute atomic E-state index is 6.21. The molecule has 0 saturated heterocycles. The molecule has 1 radical (unpaired) electrons. The van der Waals surface area contributed by atoms with Crippen LogP contribution in [-0.2, 0) is 4.12 Å². The number of hydrogen-bond acceptors (Lipinski definition) is 1. The molecular formula is C14H19OSi2. The van der Waals surface area contributed by atoms with Gasteiger partial charge in [0.2, 0.25) is 8.32 Å². The Kier molecular flexibility index (Phi) is 3.51. The topological polar surface area (TPSA) is 9.23 Å². The van der Waals surface area contributed by atoms with Gasteiger partial charge in [0.05, 0.1) is 0 Å². The molecule has 0 fully saturated rings. The number of fused-ring (bicyclic) bond motifs is 1. The van der Waals surface area contributed by atoms with Gasteiger partial charge in [0.25, 0.3) is 0 Å². The van der Waals surface area contributed by atoms with Crippen molar-refractivity contribution in [1.82, 2.24) is 0 Å². The second kappa shape index (κ2) is 4.76. The highest BCUT2D eigenvalue weighted by Gasteiger charge is 2.26. The zero-order valence-electron chi connectivity index (χ0n) is 10.9. The van der Waals surface area contributed by atoms with Crippen molar-refractivity contribution in [3.63, 3.8) is 0 Å². The van der Waals surface area contributed by atoms with E-state index < -0.39 is 17.4 Å². The van der Waals surface area contributed by atoms with Gasteiger partial charge in [-0.25, -0.2) is 0 Å². The highest BCUT2D eigenvalue weighted by molar-refractivity contribution is 6.88. The first kappa shape index (κ1) is 12.5. The molecule has 17 heavy (non-hydrogen) atoms. The van der Waals surface area contributed by atoms with Gasteiger partial charge in [-0.15, -0.1) is 0 Å². The lowest BCUT2D eigenvalue weighted by Crippen LogP contribution is -2.47. The minimum Gasteiger partial charge on any atom is -0.452 e. The molecule has 3 heteroatoms. The smallest absolute Gasteiger partial charge is 0.205 e. The van der Waals surface area contributed by atoms with Gasteiger partial charge in [0.1, 0.15) is 0 Å². The third kappa shape index (κ3) is 2.86. The Morgan fingerprint density at radius 2 is 1.59 bits per heavy atom. The van der Waals surface area contributed by atoms with E-state index in [2.05, 4.69) is 68.7 Å². The van der Waals surface area contributed by atoms with Crippen LogP contribution in [0, 0.1) is 0 Å². The van der Waals surface area contributed by atoms with Crippen LogP contribution in [0.2, 0.25) is 26.2 Å². The molecule has 0 aliphatic rings. The van der Waals surface area contributed by atoms with Gasteiger partial charge in [0.15, 0.2) is 9.04 Å². The van der Waals surface area contributed by atoms with Crippen molar-refractivity contribution >= 4 is 33.3 Å². The summed E-state index contributed by atoms with van der Waals surface area (Å²) >= 11 is 0. The molecule has 2 rings (SSSR count). The van der Waals surface area contributed by atoms with Gasteiger partial charge in [-0.1, -0.05) is 42.5 Å². The number of rotatable bonds is 3. The van der Waals surface area contributed by atoms with Crippen molar-refractivity contribution in [1.29, 1.82) is 0 Å². The Morgan fingerprint density at radius 1 is 0.941 bits per heavy atom. The fourth-order valence-electron chi connectivity index (χ4n) is 2.13. The Bertz CT molecular complexity index is 520. The molecule has 0 bridgehead atoms. The standard InChI is InChI=1S/C14H19OSi2/c1-16(2)15-17(3,4)14-10-9-12-7-5-6-8-13(12)11-14/h5-11H,1-4H3. The highest BCUT2D eigenvalue weighted by Crippen LogP contribution is 2.15. The van der Waals surface area contributed by atoms with E-state index in [1.54, 1.807) is 0 Å². The molecule has 0 N–H and O–H groups in total. The molecule has 0 aliphatic carbocycles. The van der Waals surface area contributed by atoms with E-state index in [1.165, 1.54) is 16.0 Å². The van der Waals surface area contributed by atoms with Crippen LogP contribution < -0.4 is 5.19 Å². The normalized spacial score (nSPS) is 12.3. The summed E-state index contributed by atoms with van der Waals surface area (Å²) in [6.45, 7) is 8.99. The lowest BCUT2D eigenvalue weighted by Gasteiger charge is -2.26. The van der Waals surface area contributed by atoms with Gasteiger partial charge in [-0.3, -0.25) is 0 Å². The van der Waals surface area contributed by atoms with Crippen molar-refractivity contribution in [2.45, 2.75) is 26.2 Å². The van der Waals surface area contributed by atoms with Crippen molar-refractivity contribution in [2.24, 2.45) is 0 Å². The van der Waals surface area contributed by atoms with Gasteiger partial charge in [-0.05, 0) is 42.1 Å². The second-order valence-electron chi connectivity index (χ2n) is 5.08. The molecule has 0 unspecified atom stereocenters. The quantitative estimate of drug-likeness (QED) is 0.766.